The Bertz CT molecular complexity index is 1300. The van der Waals surface area contributed by atoms with Gasteiger partial charge in [-0.15, -0.1) is 11.3 Å². The third-order valence-corrected chi connectivity index (χ3v) is 11.1. The molecule has 45 heavy (non-hydrogen) atoms. The van der Waals surface area contributed by atoms with Crippen molar-refractivity contribution >= 4 is 61.6 Å². The minimum Gasteiger partial charge on any atom is -0.307 e. The Kier molecular flexibility index (Phi) is 14.6. The molecule has 0 aliphatic carbocycles. The highest BCUT2D eigenvalue weighted by atomic mass is 79.9. The fraction of sp³-hybridized carbons (Fsp3) is 0.632. The minimum absolute atomic E-state index is 0.118. The van der Waals surface area contributed by atoms with E-state index in [1.54, 1.807) is 11.0 Å². The van der Waals surface area contributed by atoms with Crippen LogP contribution in [0.25, 0.3) is 11.1 Å². The van der Waals surface area contributed by atoms with Crippen LogP contribution in [0, 0.1) is 11.7 Å². The highest BCUT2D eigenvalue weighted by Gasteiger charge is 2.44. The van der Waals surface area contributed by atoms with E-state index in [4.69, 9.17) is 0 Å². The molecule has 0 saturated heterocycles. The zero-order valence-corrected chi connectivity index (χ0v) is 30.3. The van der Waals surface area contributed by atoms with Crippen LogP contribution in [0.2, 0.25) is 0 Å². The maximum absolute atomic E-state index is 16.0. The number of hydrogen-bond donors (Lipinski definition) is 0. The van der Waals surface area contributed by atoms with Gasteiger partial charge in [0.1, 0.15) is 0 Å². The number of amides is 2. The molecule has 2 aliphatic heterocycles. The highest BCUT2D eigenvalue weighted by Crippen LogP contribution is 2.50. The molecule has 0 spiro atoms. The molecular formula is C38H54BrFN2O2S. The Balaban J connectivity index is 1.60. The number of carbonyl (C=O) groups is 2. The summed E-state index contributed by atoms with van der Waals surface area (Å²) in [5, 5.41) is 2.00. The van der Waals surface area contributed by atoms with Crippen molar-refractivity contribution < 1.29 is 14.0 Å². The van der Waals surface area contributed by atoms with Crippen molar-refractivity contribution in [2.45, 2.75) is 136 Å². The van der Waals surface area contributed by atoms with E-state index in [9.17, 15) is 9.59 Å². The zero-order valence-electron chi connectivity index (χ0n) is 27.9. The summed E-state index contributed by atoms with van der Waals surface area (Å²) in [6, 6.07) is 5.49. The van der Waals surface area contributed by atoms with Gasteiger partial charge in [-0.05, 0) is 58.6 Å². The number of unbranched alkanes of at least 4 members (excludes halogenated alkanes) is 13. The van der Waals surface area contributed by atoms with Gasteiger partial charge < -0.3 is 9.80 Å². The number of carbonyl (C=O) groups excluding carboxylic acids is 2. The number of fused-ring (bicyclic) bond motifs is 2. The van der Waals surface area contributed by atoms with Gasteiger partial charge in [-0.1, -0.05) is 123 Å². The van der Waals surface area contributed by atoms with Gasteiger partial charge in [-0.25, -0.2) is 4.39 Å². The zero-order chi connectivity index (χ0) is 32.2. The Morgan fingerprint density at radius 3 is 1.91 bits per heavy atom. The molecule has 0 saturated carbocycles. The van der Waals surface area contributed by atoms with Gasteiger partial charge >= 0.3 is 0 Å². The molecule has 4 rings (SSSR count). The number of anilines is 2. The normalized spacial score (nSPS) is 16.6. The smallest absolute Gasteiger partial charge is 0.260 e. The summed E-state index contributed by atoms with van der Waals surface area (Å²) in [5.41, 5.74) is 2.60. The van der Waals surface area contributed by atoms with Crippen LogP contribution in [0.15, 0.2) is 28.1 Å². The van der Waals surface area contributed by atoms with Crippen molar-refractivity contribution in [1.82, 2.24) is 0 Å². The van der Waals surface area contributed by atoms with Crippen molar-refractivity contribution in [2.24, 2.45) is 5.92 Å². The Morgan fingerprint density at radius 1 is 0.711 bits per heavy atom. The van der Waals surface area contributed by atoms with Crippen molar-refractivity contribution in [1.29, 1.82) is 0 Å². The van der Waals surface area contributed by atoms with Crippen LogP contribution in [0.4, 0.5) is 15.8 Å². The molecule has 1 atom stereocenters. The molecule has 0 N–H and O–H groups in total. The molecule has 7 heteroatoms. The van der Waals surface area contributed by atoms with Crippen LogP contribution in [0.1, 0.15) is 147 Å². The average molecular weight is 702 g/mol. The summed E-state index contributed by atoms with van der Waals surface area (Å²) in [4.78, 5) is 32.9. The highest BCUT2D eigenvalue weighted by molar-refractivity contribution is 9.10. The predicted molar refractivity (Wildman–Crippen MR) is 194 cm³/mol. The van der Waals surface area contributed by atoms with Crippen LogP contribution >= 0.6 is 27.3 Å². The third-order valence-electron chi connectivity index (χ3n) is 9.55. The molecule has 1 unspecified atom stereocenters. The second-order valence-corrected chi connectivity index (χ2v) is 14.8. The quantitative estimate of drug-likeness (QED) is 0.0960. The first-order valence-electron chi connectivity index (χ1n) is 17.9. The first kappa shape index (κ1) is 35.9. The Morgan fingerprint density at radius 2 is 1.27 bits per heavy atom. The summed E-state index contributed by atoms with van der Waals surface area (Å²) < 4.78 is 16.3. The van der Waals surface area contributed by atoms with Crippen LogP contribution in [-0.2, 0) is 9.59 Å². The molecule has 0 fully saturated rings. The SMILES string of the molecule is CCCCCCCCC(CCCCCC)CN1C(=O)/C(=C2\C(=O)N(CCCCCCCC)c3ccsc32)c2ccc(Br)c(F)c21. The lowest BCUT2D eigenvalue weighted by molar-refractivity contribution is -0.114. The number of hydrogen-bond acceptors (Lipinski definition) is 3. The topological polar surface area (TPSA) is 40.6 Å². The van der Waals surface area contributed by atoms with Gasteiger partial charge in [0.15, 0.2) is 5.82 Å². The molecule has 2 amide bonds. The van der Waals surface area contributed by atoms with E-state index in [0.717, 1.165) is 49.1 Å². The molecule has 1 aromatic heterocycles. The molecule has 1 aromatic carbocycles. The van der Waals surface area contributed by atoms with E-state index in [0.29, 0.717) is 45.9 Å². The maximum atomic E-state index is 16.0. The maximum Gasteiger partial charge on any atom is 0.260 e. The number of rotatable bonds is 21. The van der Waals surface area contributed by atoms with Crippen LogP contribution in [0.5, 0.6) is 0 Å². The lowest BCUT2D eigenvalue weighted by Gasteiger charge is -2.25. The van der Waals surface area contributed by atoms with E-state index in [-0.39, 0.29) is 11.8 Å². The fourth-order valence-electron chi connectivity index (χ4n) is 6.97. The summed E-state index contributed by atoms with van der Waals surface area (Å²) >= 11 is 4.89. The van der Waals surface area contributed by atoms with Crippen LogP contribution < -0.4 is 9.80 Å². The summed E-state index contributed by atoms with van der Waals surface area (Å²) in [6.07, 6.45) is 21.1. The monoisotopic (exact) mass is 700 g/mol. The van der Waals surface area contributed by atoms with Crippen LogP contribution in [-0.4, -0.2) is 24.9 Å². The lowest BCUT2D eigenvalue weighted by Crippen LogP contribution is -2.33. The van der Waals surface area contributed by atoms with Crippen LogP contribution in [0.3, 0.4) is 0 Å². The summed E-state index contributed by atoms with van der Waals surface area (Å²) in [5.74, 6) is -0.462. The third kappa shape index (κ3) is 8.88. The molecule has 2 aliphatic rings. The number of nitrogens with zero attached hydrogens (tertiary/aromatic N) is 2. The summed E-state index contributed by atoms with van der Waals surface area (Å²) in [6.45, 7) is 7.81. The lowest BCUT2D eigenvalue weighted by atomic mass is 9.93. The fourth-order valence-corrected chi connectivity index (χ4v) is 8.23. The Hall–Kier alpha value is -1.99. The van der Waals surface area contributed by atoms with Crippen molar-refractivity contribution in [2.75, 3.05) is 22.9 Å². The molecule has 248 valence electrons. The first-order valence-corrected chi connectivity index (χ1v) is 19.6. The largest absolute Gasteiger partial charge is 0.307 e. The van der Waals surface area contributed by atoms with Gasteiger partial charge in [-0.3, -0.25) is 9.59 Å². The number of benzene rings is 1. The van der Waals surface area contributed by atoms with E-state index in [1.807, 2.05) is 22.4 Å². The standard InChI is InChI=1S/C38H54BrFN2O2S/c1-4-7-10-13-15-18-21-28(20-17-12-9-6-3)27-42-35-29(22-23-30(39)34(35)40)32(37(42)43)33-36-31(24-26-45-36)41(38(33)44)25-19-16-14-11-8-5-2/h22-24,26,28H,4-21,25,27H2,1-3H3/b33-32-. The van der Waals surface area contributed by atoms with E-state index in [2.05, 4.69) is 36.7 Å². The van der Waals surface area contributed by atoms with Gasteiger partial charge in [-0.2, -0.15) is 0 Å². The molecule has 2 aromatic rings. The van der Waals surface area contributed by atoms with E-state index >= 15 is 4.39 Å². The molecule has 0 radical (unpaired) electrons. The Labute approximate surface area is 284 Å². The van der Waals surface area contributed by atoms with E-state index < -0.39 is 5.82 Å². The van der Waals surface area contributed by atoms with Gasteiger partial charge in [0.05, 0.1) is 31.9 Å². The number of halogens is 2. The second kappa shape index (κ2) is 18.4. The summed E-state index contributed by atoms with van der Waals surface area (Å²) in [7, 11) is 0. The molecule has 3 heterocycles. The average Bonchev–Trinajstić information content (AvgIpc) is 3.68. The van der Waals surface area contributed by atoms with Gasteiger partial charge in [0.25, 0.3) is 11.8 Å². The first-order chi connectivity index (χ1) is 21.9. The number of thiophene rings is 1. The van der Waals surface area contributed by atoms with Crippen molar-refractivity contribution in [3.8, 4) is 0 Å². The second-order valence-electron chi connectivity index (χ2n) is 13.1. The minimum atomic E-state index is -0.415. The van der Waals surface area contributed by atoms with E-state index in [1.165, 1.54) is 88.4 Å². The van der Waals surface area contributed by atoms with Crippen molar-refractivity contribution in [3.63, 3.8) is 0 Å². The molecule has 0 bridgehead atoms. The van der Waals surface area contributed by atoms with Gasteiger partial charge in [0.2, 0.25) is 0 Å². The molecular weight excluding hydrogens is 647 g/mol. The van der Waals surface area contributed by atoms with Gasteiger partial charge in [0, 0.05) is 18.7 Å². The predicted octanol–water partition coefficient (Wildman–Crippen LogP) is 12.0. The molecule has 4 nitrogen and oxygen atoms in total. The van der Waals surface area contributed by atoms with Crippen molar-refractivity contribution in [3.05, 3.63) is 44.3 Å².